The molecule has 2 aliphatic rings. The van der Waals surface area contributed by atoms with Crippen LogP contribution < -0.4 is 10.2 Å². The highest BCUT2D eigenvalue weighted by molar-refractivity contribution is 6.22. The topological polar surface area (TPSA) is 69.7 Å². The van der Waals surface area contributed by atoms with Crippen molar-refractivity contribution in [1.29, 1.82) is 0 Å². The highest BCUT2D eigenvalue weighted by atomic mass is 16.2. The van der Waals surface area contributed by atoms with E-state index in [0.29, 0.717) is 11.4 Å². The number of carbonyl (C=O) groups is 3. The lowest BCUT2D eigenvalue weighted by atomic mass is 10.1. The van der Waals surface area contributed by atoms with Gasteiger partial charge in [-0.1, -0.05) is 48.7 Å². The predicted octanol–water partition coefficient (Wildman–Crippen LogP) is 4.10. The van der Waals surface area contributed by atoms with Crippen molar-refractivity contribution in [2.24, 2.45) is 0 Å². The summed E-state index contributed by atoms with van der Waals surface area (Å²) in [6.45, 7) is 1.96. The predicted molar refractivity (Wildman–Crippen MR) is 112 cm³/mol. The van der Waals surface area contributed by atoms with Crippen molar-refractivity contribution in [3.8, 4) is 0 Å². The summed E-state index contributed by atoms with van der Waals surface area (Å²) in [5.41, 5.74) is 2.29. The quantitative estimate of drug-likeness (QED) is 0.780. The van der Waals surface area contributed by atoms with Gasteiger partial charge in [-0.05, 0) is 44.0 Å². The van der Waals surface area contributed by atoms with E-state index in [2.05, 4.69) is 5.32 Å². The lowest BCUT2D eigenvalue weighted by Crippen LogP contribution is -2.43. The molecule has 0 bridgehead atoms. The number of imide groups is 1. The Morgan fingerprint density at radius 2 is 1.66 bits per heavy atom. The number of hydrogen-bond acceptors (Lipinski definition) is 3. The molecule has 0 spiro atoms. The molecule has 0 aromatic heterocycles. The SMILES string of the molecule is Cc1ccc(N2C(=O)[C@@H](CC(=O)Nc3ccccc3)N(C3CCCC3)C2=O)cc1. The Kier molecular flexibility index (Phi) is 5.34. The van der Waals surface area contributed by atoms with Crippen LogP contribution in [-0.4, -0.2) is 34.8 Å². The standard InChI is InChI=1S/C23H25N3O3/c1-16-11-13-19(14-12-16)26-22(28)20(25(23(26)29)18-9-5-6-10-18)15-21(27)24-17-7-3-2-4-8-17/h2-4,7-8,11-14,18,20H,5-6,9-10,15H2,1H3,(H,24,27)/t20-/m1/s1. The maximum absolute atomic E-state index is 13.2. The number of amides is 4. The van der Waals surface area contributed by atoms with Gasteiger partial charge in [0.15, 0.2) is 0 Å². The molecule has 29 heavy (non-hydrogen) atoms. The van der Waals surface area contributed by atoms with Crippen molar-refractivity contribution in [1.82, 2.24) is 4.90 Å². The maximum atomic E-state index is 13.2. The summed E-state index contributed by atoms with van der Waals surface area (Å²) in [5, 5.41) is 2.83. The van der Waals surface area contributed by atoms with Crippen LogP contribution in [0.15, 0.2) is 54.6 Å². The van der Waals surface area contributed by atoms with Gasteiger partial charge in [0, 0.05) is 11.7 Å². The van der Waals surface area contributed by atoms with E-state index in [1.54, 1.807) is 29.2 Å². The fourth-order valence-electron chi connectivity index (χ4n) is 4.23. The molecule has 1 atom stereocenters. The fraction of sp³-hybridized carbons (Fsp3) is 0.348. The van der Waals surface area contributed by atoms with Gasteiger partial charge in [0.05, 0.1) is 12.1 Å². The average Bonchev–Trinajstić information content (AvgIpc) is 3.31. The van der Waals surface area contributed by atoms with Gasteiger partial charge in [0.1, 0.15) is 6.04 Å². The van der Waals surface area contributed by atoms with Crippen LogP contribution in [0, 0.1) is 6.92 Å². The largest absolute Gasteiger partial charge is 0.332 e. The molecular weight excluding hydrogens is 366 g/mol. The molecule has 2 aromatic carbocycles. The Morgan fingerprint density at radius 3 is 2.31 bits per heavy atom. The second kappa shape index (κ2) is 8.07. The summed E-state index contributed by atoms with van der Waals surface area (Å²) in [6, 6.07) is 15.4. The molecule has 1 heterocycles. The van der Waals surface area contributed by atoms with E-state index in [9.17, 15) is 14.4 Å². The molecule has 6 heteroatoms. The molecule has 0 radical (unpaired) electrons. The van der Waals surface area contributed by atoms with E-state index >= 15 is 0 Å². The summed E-state index contributed by atoms with van der Waals surface area (Å²) in [7, 11) is 0. The van der Waals surface area contributed by atoms with Crippen molar-refractivity contribution in [2.75, 3.05) is 10.2 Å². The van der Waals surface area contributed by atoms with Gasteiger partial charge in [-0.2, -0.15) is 0 Å². The van der Waals surface area contributed by atoms with Crippen molar-refractivity contribution in [3.63, 3.8) is 0 Å². The molecule has 150 valence electrons. The van der Waals surface area contributed by atoms with Gasteiger partial charge in [-0.15, -0.1) is 0 Å². The highest BCUT2D eigenvalue weighted by Gasteiger charge is 2.49. The van der Waals surface area contributed by atoms with E-state index in [1.165, 1.54) is 4.90 Å². The molecule has 6 nitrogen and oxygen atoms in total. The van der Waals surface area contributed by atoms with Gasteiger partial charge in [-0.25, -0.2) is 9.69 Å². The molecule has 4 rings (SSSR count). The smallest absolute Gasteiger partial charge is 0.326 e. The Bertz CT molecular complexity index is 905. The van der Waals surface area contributed by atoms with Crippen LogP contribution in [0.4, 0.5) is 16.2 Å². The lowest BCUT2D eigenvalue weighted by Gasteiger charge is -2.27. The number of anilines is 2. The second-order valence-electron chi connectivity index (χ2n) is 7.77. The van der Waals surface area contributed by atoms with Gasteiger partial charge in [0.2, 0.25) is 5.91 Å². The first-order chi connectivity index (χ1) is 14.0. The number of para-hydroxylation sites is 1. The third-order valence-corrected chi connectivity index (χ3v) is 5.70. The number of urea groups is 1. The van der Waals surface area contributed by atoms with E-state index in [-0.39, 0.29) is 30.3 Å². The number of nitrogens with zero attached hydrogens (tertiary/aromatic N) is 2. The Morgan fingerprint density at radius 1 is 1.00 bits per heavy atom. The van der Waals surface area contributed by atoms with E-state index in [4.69, 9.17) is 0 Å². The van der Waals surface area contributed by atoms with Crippen molar-refractivity contribution < 1.29 is 14.4 Å². The first kappa shape index (κ1) is 19.2. The lowest BCUT2D eigenvalue weighted by molar-refractivity contribution is -0.124. The van der Waals surface area contributed by atoms with Crippen LogP contribution >= 0.6 is 0 Å². The van der Waals surface area contributed by atoms with Crippen molar-refractivity contribution in [3.05, 3.63) is 60.2 Å². The van der Waals surface area contributed by atoms with Crippen molar-refractivity contribution >= 4 is 29.2 Å². The molecule has 2 aromatic rings. The minimum absolute atomic E-state index is 0.0106. The average molecular weight is 391 g/mol. The molecule has 1 N–H and O–H groups in total. The van der Waals surface area contributed by atoms with Gasteiger partial charge >= 0.3 is 6.03 Å². The fourth-order valence-corrected chi connectivity index (χ4v) is 4.23. The molecule has 2 fully saturated rings. The molecule has 4 amide bonds. The number of hydrogen-bond donors (Lipinski definition) is 1. The van der Waals surface area contributed by atoms with Crippen LogP contribution in [0.1, 0.15) is 37.7 Å². The number of nitrogens with one attached hydrogen (secondary N) is 1. The number of carbonyl (C=O) groups excluding carboxylic acids is 3. The Balaban J connectivity index is 1.58. The van der Waals surface area contributed by atoms with E-state index in [0.717, 1.165) is 31.2 Å². The third-order valence-electron chi connectivity index (χ3n) is 5.70. The van der Waals surface area contributed by atoms with Gasteiger partial charge in [0.25, 0.3) is 5.91 Å². The molecule has 1 saturated heterocycles. The molecule has 1 aliphatic carbocycles. The molecule has 0 unspecified atom stereocenters. The number of rotatable bonds is 5. The zero-order valence-corrected chi connectivity index (χ0v) is 16.5. The van der Waals surface area contributed by atoms with Crippen LogP contribution in [0.25, 0.3) is 0 Å². The van der Waals surface area contributed by atoms with Crippen LogP contribution in [0.2, 0.25) is 0 Å². The van der Waals surface area contributed by atoms with Crippen LogP contribution in [0.3, 0.4) is 0 Å². The number of benzene rings is 2. The minimum atomic E-state index is -0.768. The van der Waals surface area contributed by atoms with Gasteiger partial charge in [-0.3, -0.25) is 9.59 Å². The maximum Gasteiger partial charge on any atom is 0.332 e. The number of aryl methyl sites for hydroxylation is 1. The Labute approximate surface area is 170 Å². The Hall–Kier alpha value is -3.15. The first-order valence-electron chi connectivity index (χ1n) is 10.1. The third kappa shape index (κ3) is 3.88. The van der Waals surface area contributed by atoms with Crippen LogP contribution in [0.5, 0.6) is 0 Å². The summed E-state index contributed by atoms with van der Waals surface area (Å²) < 4.78 is 0. The van der Waals surface area contributed by atoms with Gasteiger partial charge < -0.3 is 10.2 Å². The zero-order valence-electron chi connectivity index (χ0n) is 16.5. The van der Waals surface area contributed by atoms with E-state index < -0.39 is 6.04 Å². The molecule has 1 aliphatic heterocycles. The first-order valence-corrected chi connectivity index (χ1v) is 10.1. The summed E-state index contributed by atoms with van der Waals surface area (Å²) in [5.74, 6) is -0.593. The monoisotopic (exact) mass is 391 g/mol. The highest BCUT2D eigenvalue weighted by Crippen LogP contribution is 2.34. The second-order valence-corrected chi connectivity index (χ2v) is 7.77. The summed E-state index contributed by atoms with van der Waals surface area (Å²) in [4.78, 5) is 42.0. The summed E-state index contributed by atoms with van der Waals surface area (Å²) in [6.07, 6.45) is 3.78. The normalized spacial score (nSPS) is 19.8. The minimum Gasteiger partial charge on any atom is -0.326 e. The van der Waals surface area contributed by atoms with Crippen LogP contribution in [-0.2, 0) is 9.59 Å². The molecular formula is C23H25N3O3. The summed E-state index contributed by atoms with van der Waals surface area (Å²) >= 11 is 0. The zero-order chi connectivity index (χ0) is 20.4. The van der Waals surface area contributed by atoms with E-state index in [1.807, 2.05) is 37.3 Å². The molecule has 1 saturated carbocycles. The van der Waals surface area contributed by atoms with Crippen molar-refractivity contribution in [2.45, 2.75) is 51.1 Å².